The number of hydrogen-bond acceptors (Lipinski definition) is 1. The first-order valence-electron chi connectivity index (χ1n) is 21.7. The van der Waals surface area contributed by atoms with Gasteiger partial charge in [0, 0.05) is 12.4 Å². The average Bonchev–Trinajstić information content (AvgIpc) is 3.12. The fourth-order valence-electron chi connectivity index (χ4n) is 10.8. The lowest BCUT2D eigenvalue weighted by Gasteiger charge is -2.57. The van der Waals surface area contributed by atoms with E-state index in [0.717, 1.165) is 23.3 Å². The predicted octanol–water partition coefficient (Wildman–Crippen LogP) is 15.4. The molecule has 4 aliphatic carbocycles. The Morgan fingerprint density at radius 2 is 0.839 bits per heavy atom. The molecule has 0 spiro atoms. The van der Waals surface area contributed by atoms with E-state index in [-0.39, 0.29) is 27.1 Å². The maximum absolute atomic E-state index is 4.45. The van der Waals surface area contributed by atoms with Crippen molar-refractivity contribution in [3.63, 3.8) is 0 Å². The van der Waals surface area contributed by atoms with Crippen molar-refractivity contribution in [3.05, 3.63) is 125 Å². The Kier molecular flexibility index (Phi) is 9.42. The second kappa shape index (κ2) is 13.6. The molecule has 56 heavy (non-hydrogen) atoms. The Bertz CT molecular complexity index is 2040. The van der Waals surface area contributed by atoms with Gasteiger partial charge in [-0.1, -0.05) is 150 Å². The molecular weight excluding hydrogens is 675 g/mol. The number of pyridine rings is 1. The van der Waals surface area contributed by atoms with Gasteiger partial charge in [-0.25, -0.2) is 0 Å². The van der Waals surface area contributed by atoms with E-state index in [1.54, 1.807) is 5.56 Å². The van der Waals surface area contributed by atoms with Crippen molar-refractivity contribution in [1.29, 1.82) is 0 Å². The molecule has 0 atom stereocenters. The van der Waals surface area contributed by atoms with E-state index >= 15 is 0 Å². The van der Waals surface area contributed by atoms with Crippen LogP contribution in [0.1, 0.15) is 149 Å². The molecule has 1 heteroatoms. The van der Waals surface area contributed by atoms with Crippen LogP contribution in [0.3, 0.4) is 0 Å². The summed E-state index contributed by atoms with van der Waals surface area (Å²) in [4.78, 5) is 4.45. The Labute approximate surface area is 339 Å². The van der Waals surface area contributed by atoms with Gasteiger partial charge in [0.05, 0.1) is 0 Å². The van der Waals surface area contributed by atoms with Gasteiger partial charge < -0.3 is 0 Å². The van der Waals surface area contributed by atoms with Crippen molar-refractivity contribution < 1.29 is 0 Å². The molecule has 4 bridgehead atoms. The first-order valence-corrected chi connectivity index (χ1v) is 21.7. The summed E-state index contributed by atoms with van der Waals surface area (Å²) in [7, 11) is 0. The van der Waals surface area contributed by atoms with Crippen molar-refractivity contribution in [1.82, 2.24) is 4.98 Å². The fraction of sp³-hybridized carbons (Fsp3) is 0.473. The average molecular weight is 742 g/mol. The minimum atomic E-state index is 0.0184. The minimum Gasteiger partial charge on any atom is -0.264 e. The van der Waals surface area contributed by atoms with Gasteiger partial charge in [-0.2, -0.15) is 0 Å². The third kappa shape index (κ3) is 7.45. The lowest BCUT2D eigenvalue weighted by Crippen LogP contribution is -2.48. The van der Waals surface area contributed by atoms with Crippen LogP contribution < -0.4 is 0 Å². The van der Waals surface area contributed by atoms with Gasteiger partial charge in [0.1, 0.15) is 0 Å². The molecule has 4 fully saturated rings. The van der Waals surface area contributed by atoms with Crippen LogP contribution in [-0.2, 0) is 27.1 Å². The van der Waals surface area contributed by atoms with Crippen molar-refractivity contribution in [2.75, 3.05) is 0 Å². The molecule has 4 aromatic carbocycles. The van der Waals surface area contributed by atoms with Gasteiger partial charge in [0.2, 0.25) is 0 Å². The summed E-state index contributed by atoms with van der Waals surface area (Å²) >= 11 is 0. The Morgan fingerprint density at radius 1 is 0.446 bits per heavy atom. The lowest BCUT2D eigenvalue weighted by molar-refractivity contribution is -0.00514. The highest BCUT2D eigenvalue weighted by Crippen LogP contribution is 2.62. The zero-order valence-corrected chi connectivity index (χ0v) is 36.7. The Morgan fingerprint density at radius 3 is 1.20 bits per heavy atom. The van der Waals surface area contributed by atoms with Gasteiger partial charge in [-0.15, -0.1) is 0 Å². The zero-order valence-electron chi connectivity index (χ0n) is 36.7. The molecule has 4 aliphatic rings. The smallest absolute Gasteiger partial charge is 0.0346 e. The molecule has 0 radical (unpaired) electrons. The second-order valence-corrected chi connectivity index (χ2v) is 22.6. The van der Waals surface area contributed by atoms with Crippen LogP contribution in [-0.4, -0.2) is 4.98 Å². The van der Waals surface area contributed by atoms with Crippen LogP contribution in [0.4, 0.5) is 0 Å². The van der Waals surface area contributed by atoms with Crippen LogP contribution in [0.15, 0.2) is 97.3 Å². The van der Waals surface area contributed by atoms with E-state index in [1.807, 2.05) is 18.5 Å². The monoisotopic (exact) mass is 742 g/mol. The standard InChI is InChI=1S/C55H67N/c1-51(2,3)43-23-41(24-44(27-43)52(4,5)6)48-29-47(55-31-35-20-36(32-55)22-37(21-35)33-55)30-49(42-25-45(53(7,8)9)28-46(26-42)54(10,11)12)50(48)39-17-15-38(16-18-39)40-14-13-19-56-34-40/h13-19,23-30,34-37H,20-22,31-33H2,1-12H3. The minimum absolute atomic E-state index is 0.0184. The van der Waals surface area contributed by atoms with Crippen molar-refractivity contribution in [2.45, 2.75) is 149 Å². The summed E-state index contributed by atoms with van der Waals surface area (Å²) in [6.07, 6.45) is 12.2. The highest BCUT2D eigenvalue weighted by Gasteiger charge is 2.52. The van der Waals surface area contributed by atoms with Gasteiger partial charge in [0.15, 0.2) is 0 Å². The molecule has 0 amide bonds. The molecule has 292 valence electrons. The molecule has 9 rings (SSSR count). The number of hydrogen-bond donors (Lipinski definition) is 0. The molecular formula is C55H67N. The van der Waals surface area contributed by atoms with E-state index < -0.39 is 0 Å². The normalized spacial score (nSPS) is 22.5. The van der Waals surface area contributed by atoms with E-state index in [4.69, 9.17) is 0 Å². The summed E-state index contributed by atoms with van der Waals surface area (Å²) in [5, 5.41) is 0. The van der Waals surface area contributed by atoms with Crippen LogP contribution in [0, 0.1) is 17.8 Å². The van der Waals surface area contributed by atoms with Crippen LogP contribution in [0.5, 0.6) is 0 Å². The van der Waals surface area contributed by atoms with E-state index in [2.05, 4.69) is 167 Å². The first-order chi connectivity index (χ1) is 26.2. The third-order valence-electron chi connectivity index (χ3n) is 13.9. The summed E-state index contributed by atoms with van der Waals surface area (Å²) in [5.74, 6) is 2.63. The van der Waals surface area contributed by atoms with Crippen LogP contribution >= 0.6 is 0 Å². The van der Waals surface area contributed by atoms with Crippen molar-refractivity contribution in [3.8, 4) is 44.5 Å². The highest BCUT2D eigenvalue weighted by molar-refractivity contribution is 5.96. The summed E-state index contributed by atoms with van der Waals surface area (Å²) in [6, 6.07) is 34.1. The maximum atomic E-state index is 4.45. The number of aromatic nitrogens is 1. The Hall–Kier alpha value is -3.97. The Balaban J connectivity index is 1.48. The van der Waals surface area contributed by atoms with Crippen LogP contribution in [0.25, 0.3) is 44.5 Å². The molecule has 1 nitrogen and oxygen atoms in total. The van der Waals surface area contributed by atoms with Crippen LogP contribution in [0.2, 0.25) is 0 Å². The topological polar surface area (TPSA) is 12.9 Å². The number of benzene rings is 4. The van der Waals surface area contributed by atoms with Gasteiger partial charge in [0.25, 0.3) is 0 Å². The molecule has 5 aromatic rings. The quantitative estimate of drug-likeness (QED) is 0.175. The molecule has 1 heterocycles. The molecule has 0 N–H and O–H groups in total. The van der Waals surface area contributed by atoms with E-state index in [1.165, 1.54) is 99.7 Å². The van der Waals surface area contributed by atoms with Gasteiger partial charge in [-0.3, -0.25) is 4.98 Å². The predicted molar refractivity (Wildman–Crippen MR) is 241 cm³/mol. The largest absolute Gasteiger partial charge is 0.264 e. The number of rotatable bonds is 5. The lowest BCUT2D eigenvalue weighted by atomic mass is 9.48. The summed E-state index contributed by atoms with van der Waals surface area (Å²) in [6.45, 7) is 28.5. The molecule has 1 aromatic heterocycles. The molecule has 4 saturated carbocycles. The fourth-order valence-corrected chi connectivity index (χ4v) is 10.8. The molecule has 0 aliphatic heterocycles. The van der Waals surface area contributed by atoms with Crippen molar-refractivity contribution in [2.24, 2.45) is 17.8 Å². The second-order valence-electron chi connectivity index (χ2n) is 22.6. The third-order valence-corrected chi connectivity index (χ3v) is 13.9. The maximum Gasteiger partial charge on any atom is 0.0346 e. The van der Waals surface area contributed by atoms with E-state index in [0.29, 0.717) is 0 Å². The zero-order chi connectivity index (χ0) is 40.0. The molecule has 0 saturated heterocycles. The SMILES string of the molecule is CC(C)(C)c1cc(-c2cc(C34CC5CC(CC(C5)C3)C4)cc(-c3cc(C(C)(C)C)cc(C(C)(C)C)c3)c2-c2ccc(-c3cccnc3)cc2)cc(C(C)(C)C)c1. The summed E-state index contributed by atoms with van der Waals surface area (Å²) in [5.41, 5.74) is 18.0. The summed E-state index contributed by atoms with van der Waals surface area (Å²) < 4.78 is 0. The van der Waals surface area contributed by atoms with Gasteiger partial charge >= 0.3 is 0 Å². The highest BCUT2D eigenvalue weighted by atomic mass is 14.6. The van der Waals surface area contributed by atoms with Crippen molar-refractivity contribution >= 4 is 0 Å². The van der Waals surface area contributed by atoms with Gasteiger partial charge in [-0.05, 0) is 174 Å². The first kappa shape index (κ1) is 38.9. The number of nitrogens with zero attached hydrogens (tertiary/aromatic N) is 1. The molecule has 0 unspecified atom stereocenters. The van der Waals surface area contributed by atoms with E-state index in [9.17, 15) is 0 Å².